The maximum Gasteiger partial charge on any atom is 0.118 e. The first kappa shape index (κ1) is 14.1. The fraction of sp³-hybridized carbons (Fsp3) is 0.500. The van der Waals surface area contributed by atoms with Crippen LogP contribution >= 0.6 is 0 Å². The Bertz CT molecular complexity index is 457. The van der Waals surface area contributed by atoms with E-state index in [0.717, 1.165) is 23.3 Å². The summed E-state index contributed by atoms with van der Waals surface area (Å²) in [5, 5.41) is 10.2. The van der Waals surface area contributed by atoms with Crippen LogP contribution in [0.4, 0.5) is 0 Å². The van der Waals surface area contributed by atoms with Gasteiger partial charge in [-0.25, -0.2) is 0 Å². The molecule has 0 saturated carbocycles. The van der Waals surface area contributed by atoms with E-state index in [1.54, 1.807) is 7.11 Å². The van der Waals surface area contributed by atoms with Crippen LogP contribution < -0.4 is 4.74 Å². The molecule has 2 rings (SSSR count). The molecular formula is C16H22O3. The Labute approximate surface area is 114 Å². The lowest BCUT2D eigenvalue weighted by Gasteiger charge is -2.35. The number of hydrogen-bond acceptors (Lipinski definition) is 3. The summed E-state index contributed by atoms with van der Waals surface area (Å²) in [7, 11) is 1.66. The number of aliphatic hydroxyl groups excluding tert-OH is 1. The third kappa shape index (κ3) is 2.99. The van der Waals surface area contributed by atoms with E-state index < -0.39 is 6.10 Å². The Hall–Kier alpha value is -1.32. The van der Waals surface area contributed by atoms with Crippen molar-refractivity contribution in [2.24, 2.45) is 0 Å². The summed E-state index contributed by atoms with van der Waals surface area (Å²) in [6.45, 7) is 6.01. The van der Waals surface area contributed by atoms with Crippen molar-refractivity contribution in [3.8, 4) is 5.75 Å². The lowest BCUT2D eigenvalue weighted by atomic mass is 9.89. The molecule has 1 saturated heterocycles. The average molecular weight is 262 g/mol. The first-order valence-electron chi connectivity index (χ1n) is 6.66. The summed E-state index contributed by atoms with van der Waals surface area (Å²) in [6, 6.07) is 7.93. The van der Waals surface area contributed by atoms with E-state index in [-0.39, 0.29) is 12.2 Å². The maximum atomic E-state index is 10.2. The second-order valence-corrected chi connectivity index (χ2v) is 5.28. The molecule has 0 aromatic heterocycles. The zero-order valence-electron chi connectivity index (χ0n) is 12.0. The Morgan fingerprint density at radius 1 is 1.26 bits per heavy atom. The molecule has 1 aromatic carbocycles. The summed E-state index contributed by atoms with van der Waals surface area (Å²) in [5.41, 5.74) is 3.40. The summed E-state index contributed by atoms with van der Waals surface area (Å²) in [6.07, 6.45) is 0.0969. The molecule has 19 heavy (non-hydrogen) atoms. The van der Waals surface area contributed by atoms with E-state index in [4.69, 9.17) is 9.47 Å². The highest BCUT2D eigenvalue weighted by Crippen LogP contribution is 2.36. The Morgan fingerprint density at radius 3 is 2.42 bits per heavy atom. The van der Waals surface area contributed by atoms with Crippen molar-refractivity contribution in [2.45, 2.75) is 45.5 Å². The van der Waals surface area contributed by atoms with Crippen LogP contribution in [-0.4, -0.2) is 24.4 Å². The van der Waals surface area contributed by atoms with Crippen molar-refractivity contribution in [1.82, 2.24) is 0 Å². The molecule has 1 heterocycles. The molecule has 1 aliphatic rings. The van der Waals surface area contributed by atoms with Gasteiger partial charge < -0.3 is 14.6 Å². The van der Waals surface area contributed by atoms with E-state index >= 15 is 0 Å². The molecule has 0 radical (unpaired) electrons. The first-order valence-corrected chi connectivity index (χ1v) is 6.66. The van der Waals surface area contributed by atoms with Crippen molar-refractivity contribution in [2.75, 3.05) is 7.11 Å². The lowest BCUT2D eigenvalue weighted by molar-refractivity contribution is -0.0840. The van der Waals surface area contributed by atoms with E-state index in [1.807, 2.05) is 45.0 Å². The Balaban J connectivity index is 2.23. The largest absolute Gasteiger partial charge is 0.497 e. The molecule has 1 N–H and O–H groups in total. The second-order valence-electron chi connectivity index (χ2n) is 5.28. The summed E-state index contributed by atoms with van der Waals surface area (Å²) < 4.78 is 11.1. The number of rotatable bonds is 2. The molecule has 1 aromatic rings. The van der Waals surface area contributed by atoms with Gasteiger partial charge in [-0.3, -0.25) is 0 Å². The van der Waals surface area contributed by atoms with Crippen molar-refractivity contribution in [3.63, 3.8) is 0 Å². The smallest absolute Gasteiger partial charge is 0.118 e. The molecule has 0 amide bonds. The fourth-order valence-corrected chi connectivity index (χ4v) is 2.50. The van der Waals surface area contributed by atoms with Gasteiger partial charge in [-0.1, -0.05) is 17.7 Å². The zero-order valence-corrected chi connectivity index (χ0v) is 12.0. The highest BCUT2D eigenvalue weighted by molar-refractivity contribution is 5.31. The molecule has 0 unspecified atom stereocenters. The molecule has 3 atom stereocenters. The monoisotopic (exact) mass is 262 g/mol. The van der Waals surface area contributed by atoms with Gasteiger partial charge >= 0.3 is 0 Å². The third-order valence-electron chi connectivity index (χ3n) is 3.72. The van der Waals surface area contributed by atoms with Crippen molar-refractivity contribution in [1.29, 1.82) is 0 Å². The predicted molar refractivity (Wildman–Crippen MR) is 75.3 cm³/mol. The molecule has 3 nitrogen and oxygen atoms in total. The minimum atomic E-state index is -0.487. The summed E-state index contributed by atoms with van der Waals surface area (Å²) in [5.74, 6) is 0.843. The van der Waals surface area contributed by atoms with Gasteiger partial charge in [0.15, 0.2) is 0 Å². The molecule has 1 fully saturated rings. The highest BCUT2D eigenvalue weighted by atomic mass is 16.5. The van der Waals surface area contributed by atoms with Crippen LogP contribution in [0.5, 0.6) is 5.75 Å². The number of hydrogen-bond donors (Lipinski definition) is 1. The zero-order chi connectivity index (χ0) is 14.0. The number of aliphatic hydroxyl groups is 1. The van der Waals surface area contributed by atoms with Crippen molar-refractivity contribution in [3.05, 3.63) is 41.0 Å². The van der Waals surface area contributed by atoms with Crippen LogP contribution in [-0.2, 0) is 4.74 Å². The molecular weight excluding hydrogens is 240 g/mol. The van der Waals surface area contributed by atoms with Gasteiger partial charge in [0.1, 0.15) is 11.9 Å². The average Bonchev–Trinajstić information content (AvgIpc) is 2.41. The van der Waals surface area contributed by atoms with E-state index in [2.05, 4.69) is 0 Å². The molecule has 1 aliphatic heterocycles. The van der Waals surface area contributed by atoms with E-state index in [0.29, 0.717) is 0 Å². The van der Waals surface area contributed by atoms with E-state index in [9.17, 15) is 5.11 Å². The topological polar surface area (TPSA) is 38.7 Å². The van der Waals surface area contributed by atoms with Gasteiger partial charge in [0.05, 0.1) is 19.3 Å². The van der Waals surface area contributed by atoms with Crippen LogP contribution in [0.3, 0.4) is 0 Å². The molecule has 0 bridgehead atoms. The number of methoxy groups -OCH3 is 1. The number of benzene rings is 1. The maximum absolute atomic E-state index is 10.2. The SMILES string of the molecule is COc1ccc([C@@H]2CC(=C(C)C)[C@@H](O)[C@@H](C)O2)cc1. The predicted octanol–water partition coefficient (Wildman–Crippen LogP) is 3.24. The van der Waals surface area contributed by atoms with Crippen molar-refractivity contribution >= 4 is 0 Å². The number of allylic oxidation sites excluding steroid dienone is 1. The number of ether oxygens (including phenoxy) is 2. The van der Waals surface area contributed by atoms with Gasteiger partial charge in [-0.05, 0) is 44.0 Å². The minimum absolute atomic E-state index is 0.00852. The van der Waals surface area contributed by atoms with Gasteiger partial charge in [-0.2, -0.15) is 0 Å². The molecule has 104 valence electrons. The summed E-state index contributed by atoms with van der Waals surface area (Å²) >= 11 is 0. The van der Waals surface area contributed by atoms with Crippen LogP contribution in [0.2, 0.25) is 0 Å². The van der Waals surface area contributed by atoms with Crippen LogP contribution in [0, 0.1) is 0 Å². The van der Waals surface area contributed by atoms with Gasteiger partial charge in [0.25, 0.3) is 0 Å². The van der Waals surface area contributed by atoms with Crippen LogP contribution in [0.1, 0.15) is 38.9 Å². The standard InChI is InChI=1S/C16H22O3/c1-10(2)14-9-15(19-11(3)16(14)17)12-5-7-13(18-4)8-6-12/h5-8,11,15-17H,9H2,1-4H3/t11-,15+,16+/m1/s1. The Morgan fingerprint density at radius 2 is 1.89 bits per heavy atom. The molecule has 0 aliphatic carbocycles. The first-order chi connectivity index (χ1) is 9.02. The minimum Gasteiger partial charge on any atom is -0.497 e. The van der Waals surface area contributed by atoms with Crippen LogP contribution in [0.25, 0.3) is 0 Å². The summed E-state index contributed by atoms with van der Waals surface area (Å²) in [4.78, 5) is 0. The Kier molecular flexibility index (Phi) is 4.27. The normalized spacial score (nSPS) is 27.2. The fourth-order valence-electron chi connectivity index (χ4n) is 2.50. The van der Waals surface area contributed by atoms with E-state index in [1.165, 1.54) is 5.57 Å². The second kappa shape index (κ2) is 5.76. The van der Waals surface area contributed by atoms with Gasteiger partial charge in [0.2, 0.25) is 0 Å². The molecule has 3 heteroatoms. The lowest BCUT2D eigenvalue weighted by Crippen LogP contribution is -2.35. The quantitative estimate of drug-likeness (QED) is 0.832. The highest BCUT2D eigenvalue weighted by Gasteiger charge is 2.31. The third-order valence-corrected chi connectivity index (χ3v) is 3.72. The molecule has 0 spiro atoms. The van der Waals surface area contributed by atoms with Crippen molar-refractivity contribution < 1.29 is 14.6 Å². The van der Waals surface area contributed by atoms with Gasteiger partial charge in [-0.15, -0.1) is 0 Å². The van der Waals surface area contributed by atoms with Crippen LogP contribution in [0.15, 0.2) is 35.4 Å². The van der Waals surface area contributed by atoms with Gasteiger partial charge in [0, 0.05) is 6.42 Å².